The fourth-order valence-corrected chi connectivity index (χ4v) is 4.61. The molecular weight excluding hydrogens is 493 g/mol. The molecule has 7 nitrogen and oxygen atoms in total. The number of aromatic nitrogens is 2. The van der Waals surface area contributed by atoms with E-state index in [2.05, 4.69) is 25.1 Å². The molecule has 0 radical (unpaired) electrons. The highest BCUT2D eigenvalue weighted by Gasteiger charge is 2.31. The average Bonchev–Trinajstić information content (AvgIpc) is 2.85. The number of amides is 1. The molecule has 0 bridgehead atoms. The third-order valence-electron chi connectivity index (χ3n) is 6.56. The lowest BCUT2D eigenvalue weighted by atomic mass is 10.0. The molecule has 0 aliphatic carbocycles. The summed E-state index contributed by atoms with van der Waals surface area (Å²) in [5.41, 5.74) is -0.760. The maximum Gasteiger partial charge on any atom is 0.417 e. The summed E-state index contributed by atoms with van der Waals surface area (Å²) in [6, 6.07) is 6.27. The molecule has 2 saturated heterocycles. The zero-order valence-corrected chi connectivity index (χ0v) is 20.2. The Morgan fingerprint density at radius 2 is 1.72 bits per heavy atom. The van der Waals surface area contributed by atoms with Crippen LogP contribution in [-0.4, -0.2) is 77.5 Å². The summed E-state index contributed by atoms with van der Waals surface area (Å²) < 4.78 is 38.0. The van der Waals surface area contributed by atoms with Gasteiger partial charge in [-0.3, -0.25) is 9.69 Å². The number of rotatable bonds is 7. The lowest BCUT2D eigenvalue weighted by Crippen LogP contribution is -2.47. The SMILES string of the molecule is C.O=C(CCCN1CCN(c2ccc(Cl)cn2)CC1)N1CCC(Nc2ccc(C(F)(F)F)cn2)CC1. The van der Waals surface area contributed by atoms with Gasteiger partial charge in [-0.1, -0.05) is 19.0 Å². The summed E-state index contributed by atoms with van der Waals surface area (Å²) in [4.78, 5) is 27.4. The van der Waals surface area contributed by atoms with Crippen molar-refractivity contribution in [1.29, 1.82) is 0 Å². The molecular formula is C25H34ClF3N6O. The summed E-state index contributed by atoms with van der Waals surface area (Å²) in [6.45, 7) is 5.86. The van der Waals surface area contributed by atoms with Crippen LogP contribution in [0.4, 0.5) is 24.8 Å². The first-order valence-corrected chi connectivity index (χ1v) is 12.3. The summed E-state index contributed by atoms with van der Waals surface area (Å²) in [6.07, 6.45) is 0.961. The standard InChI is InChI=1S/C24H30ClF3N6O.CH4/c25-19-4-6-22(30-17-19)33-14-12-32(13-15-33)9-1-2-23(35)34-10-7-20(8-11-34)31-21-5-3-18(16-29-21)24(26,27)28;/h3-6,16-17,20H,1-2,7-15H2,(H,29,31);1H4. The smallest absolute Gasteiger partial charge is 0.367 e. The van der Waals surface area contributed by atoms with Gasteiger partial charge in [-0.25, -0.2) is 9.97 Å². The Morgan fingerprint density at radius 3 is 2.31 bits per heavy atom. The van der Waals surface area contributed by atoms with Gasteiger partial charge in [0.1, 0.15) is 11.6 Å². The molecule has 0 saturated carbocycles. The van der Waals surface area contributed by atoms with Crippen LogP contribution >= 0.6 is 11.6 Å². The first-order chi connectivity index (χ1) is 16.8. The predicted octanol–water partition coefficient (Wildman–Crippen LogP) is 4.79. The van der Waals surface area contributed by atoms with Gasteiger partial charge in [-0.05, 0) is 50.1 Å². The van der Waals surface area contributed by atoms with E-state index in [0.717, 1.165) is 70.1 Å². The Balaban J connectivity index is 0.00000361. The Kier molecular flexibility index (Phi) is 9.78. The summed E-state index contributed by atoms with van der Waals surface area (Å²) >= 11 is 5.91. The van der Waals surface area contributed by atoms with Gasteiger partial charge in [-0.15, -0.1) is 0 Å². The molecule has 0 atom stereocenters. The number of halogens is 4. The maximum atomic E-state index is 12.7. The van der Waals surface area contributed by atoms with E-state index in [1.54, 1.807) is 6.20 Å². The van der Waals surface area contributed by atoms with Crippen LogP contribution in [0.15, 0.2) is 36.7 Å². The second-order valence-corrected chi connectivity index (χ2v) is 9.43. The van der Waals surface area contributed by atoms with E-state index in [4.69, 9.17) is 11.6 Å². The van der Waals surface area contributed by atoms with Crippen LogP contribution in [-0.2, 0) is 11.0 Å². The third kappa shape index (κ3) is 7.70. The van der Waals surface area contributed by atoms with E-state index in [1.807, 2.05) is 17.0 Å². The van der Waals surface area contributed by atoms with Crippen molar-refractivity contribution in [3.63, 3.8) is 0 Å². The maximum absolute atomic E-state index is 12.7. The Morgan fingerprint density at radius 1 is 1.00 bits per heavy atom. The van der Waals surface area contributed by atoms with Gasteiger partial charge in [0.25, 0.3) is 0 Å². The fraction of sp³-hybridized carbons (Fsp3) is 0.560. The Bertz CT molecular complexity index is 957. The van der Waals surface area contributed by atoms with Crippen molar-refractivity contribution in [2.24, 2.45) is 0 Å². The van der Waals surface area contributed by atoms with Crippen molar-refractivity contribution in [2.75, 3.05) is 56.0 Å². The van der Waals surface area contributed by atoms with Crippen LogP contribution in [0.1, 0.15) is 38.7 Å². The summed E-state index contributed by atoms with van der Waals surface area (Å²) in [5.74, 6) is 1.53. The number of nitrogens with one attached hydrogen (secondary N) is 1. The summed E-state index contributed by atoms with van der Waals surface area (Å²) in [5, 5.41) is 3.82. The van der Waals surface area contributed by atoms with Crippen LogP contribution < -0.4 is 10.2 Å². The minimum atomic E-state index is -4.39. The molecule has 0 spiro atoms. The predicted molar refractivity (Wildman–Crippen MR) is 136 cm³/mol. The van der Waals surface area contributed by atoms with E-state index < -0.39 is 11.7 Å². The van der Waals surface area contributed by atoms with Crippen molar-refractivity contribution >= 4 is 29.1 Å². The monoisotopic (exact) mass is 526 g/mol. The molecule has 0 unspecified atom stereocenters. The van der Waals surface area contributed by atoms with Crippen LogP contribution in [0.25, 0.3) is 0 Å². The number of hydrogen-bond donors (Lipinski definition) is 1. The quantitative estimate of drug-likeness (QED) is 0.559. The molecule has 11 heteroatoms. The van der Waals surface area contributed by atoms with Gasteiger partial charge in [0.2, 0.25) is 5.91 Å². The molecule has 36 heavy (non-hydrogen) atoms. The molecule has 2 aromatic heterocycles. The van der Waals surface area contributed by atoms with Crippen molar-refractivity contribution in [2.45, 2.75) is 45.3 Å². The van der Waals surface area contributed by atoms with Crippen molar-refractivity contribution in [3.05, 3.63) is 47.2 Å². The zero-order valence-electron chi connectivity index (χ0n) is 19.5. The molecule has 4 rings (SSSR count). The highest BCUT2D eigenvalue weighted by molar-refractivity contribution is 6.30. The molecule has 2 aromatic rings. The molecule has 1 amide bonds. The average molecular weight is 527 g/mol. The number of carbonyl (C=O) groups is 1. The van der Waals surface area contributed by atoms with Gasteiger partial charge in [0.05, 0.1) is 10.6 Å². The van der Waals surface area contributed by atoms with Crippen LogP contribution in [0.2, 0.25) is 5.02 Å². The Hall–Kier alpha value is -2.59. The number of alkyl halides is 3. The van der Waals surface area contributed by atoms with Crippen LogP contribution in [0.5, 0.6) is 0 Å². The number of anilines is 2. The molecule has 1 N–H and O–H groups in total. The second kappa shape index (κ2) is 12.6. The molecule has 4 heterocycles. The minimum absolute atomic E-state index is 0. The van der Waals surface area contributed by atoms with Crippen molar-refractivity contribution in [1.82, 2.24) is 19.8 Å². The van der Waals surface area contributed by atoms with Gasteiger partial charge in [-0.2, -0.15) is 13.2 Å². The topological polar surface area (TPSA) is 64.6 Å². The van der Waals surface area contributed by atoms with E-state index in [-0.39, 0.29) is 19.4 Å². The van der Waals surface area contributed by atoms with Gasteiger partial charge < -0.3 is 15.1 Å². The Labute approximate surface area is 215 Å². The number of likely N-dealkylation sites (tertiary alicyclic amines) is 1. The van der Waals surface area contributed by atoms with Crippen LogP contribution in [0.3, 0.4) is 0 Å². The third-order valence-corrected chi connectivity index (χ3v) is 6.79. The largest absolute Gasteiger partial charge is 0.417 e. The molecule has 2 aliphatic heterocycles. The van der Waals surface area contributed by atoms with Crippen molar-refractivity contribution in [3.8, 4) is 0 Å². The van der Waals surface area contributed by atoms with Gasteiger partial charge in [0.15, 0.2) is 0 Å². The van der Waals surface area contributed by atoms with Gasteiger partial charge >= 0.3 is 6.18 Å². The van der Waals surface area contributed by atoms with E-state index in [9.17, 15) is 18.0 Å². The summed E-state index contributed by atoms with van der Waals surface area (Å²) in [7, 11) is 0. The first kappa shape index (κ1) is 28.0. The number of nitrogens with zero attached hydrogens (tertiary/aromatic N) is 5. The molecule has 198 valence electrons. The van der Waals surface area contributed by atoms with Crippen molar-refractivity contribution < 1.29 is 18.0 Å². The van der Waals surface area contributed by atoms with Crippen LogP contribution in [0, 0.1) is 0 Å². The lowest BCUT2D eigenvalue weighted by molar-refractivity contribution is -0.137. The van der Waals surface area contributed by atoms with Gasteiger partial charge in [0, 0.05) is 64.1 Å². The number of pyridine rings is 2. The highest BCUT2D eigenvalue weighted by atomic mass is 35.5. The number of hydrogen-bond acceptors (Lipinski definition) is 6. The number of piperazine rings is 1. The normalized spacial score (nSPS) is 17.6. The van der Waals surface area contributed by atoms with E-state index >= 15 is 0 Å². The lowest BCUT2D eigenvalue weighted by Gasteiger charge is -2.35. The van der Waals surface area contributed by atoms with E-state index in [1.165, 1.54) is 6.07 Å². The number of carbonyl (C=O) groups excluding carboxylic acids is 1. The molecule has 2 fully saturated rings. The number of piperidine rings is 1. The molecule has 0 aromatic carbocycles. The zero-order chi connectivity index (χ0) is 24.8. The fourth-order valence-electron chi connectivity index (χ4n) is 4.50. The first-order valence-electron chi connectivity index (χ1n) is 11.9. The molecule has 2 aliphatic rings. The highest BCUT2D eigenvalue weighted by Crippen LogP contribution is 2.29. The van der Waals surface area contributed by atoms with E-state index in [0.29, 0.717) is 30.4 Å². The minimum Gasteiger partial charge on any atom is -0.367 e. The second-order valence-electron chi connectivity index (χ2n) is 9.00.